The van der Waals surface area contributed by atoms with Gasteiger partial charge in [0.05, 0.1) is 6.54 Å². The van der Waals surface area contributed by atoms with Crippen molar-refractivity contribution in [2.75, 3.05) is 6.54 Å². The average Bonchev–Trinajstić information content (AvgIpc) is 2.15. The highest BCUT2D eigenvalue weighted by molar-refractivity contribution is 6.30. The van der Waals surface area contributed by atoms with Gasteiger partial charge in [-0.05, 0) is 24.3 Å². The van der Waals surface area contributed by atoms with Gasteiger partial charge in [-0.15, -0.1) is 6.58 Å². The zero-order valence-corrected chi connectivity index (χ0v) is 7.96. The molecule has 0 aliphatic rings. The molecule has 0 fully saturated rings. The summed E-state index contributed by atoms with van der Waals surface area (Å²) in [5.41, 5.74) is 6.57. The van der Waals surface area contributed by atoms with Gasteiger partial charge in [-0.1, -0.05) is 17.7 Å². The molecule has 0 radical (unpaired) electrons. The summed E-state index contributed by atoms with van der Waals surface area (Å²) >= 11 is 5.72. The monoisotopic (exact) mass is 194 g/mol. The van der Waals surface area contributed by atoms with Crippen LogP contribution in [-0.2, 0) is 0 Å². The van der Waals surface area contributed by atoms with Gasteiger partial charge in [-0.2, -0.15) is 0 Å². The second-order valence-electron chi connectivity index (χ2n) is 2.52. The summed E-state index contributed by atoms with van der Waals surface area (Å²) in [6.45, 7) is 4.09. The Bertz CT molecular complexity index is 314. The lowest BCUT2D eigenvalue weighted by atomic mass is 10.2. The fraction of sp³-hybridized carbons (Fsp3) is 0.100. The molecule has 68 valence electrons. The van der Waals surface area contributed by atoms with Gasteiger partial charge in [0.15, 0.2) is 0 Å². The van der Waals surface area contributed by atoms with E-state index >= 15 is 0 Å². The number of rotatable bonds is 3. The first kappa shape index (κ1) is 9.81. The fourth-order valence-corrected chi connectivity index (χ4v) is 1.00. The quantitative estimate of drug-likeness (QED) is 0.447. The minimum Gasteiger partial charge on any atom is -0.383 e. The van der Waals surface area contributed by atoms with Crippen LogP contribution in [0.25, 0.3) is 0 Å². The number of hydrogen-bond acceptors (Lipinski definition) is 1. The van der Waals surface area contributed by atoms with Crippen LogP contribution in [0, 0.1) is 0 Å². The van der Waals surface area contributed by atoms with Crippen molar-refractivity contribution >= 4 is 17.4 Å². The predicted octanol–water partition coefficient (Wildman–Crippen LogP) is 2.23. The molecular weight excluding hydrogens is 184 g/mol. The zero-order chi connectivity index (χ0) is 9.68. The smallest absolute Gasteiger partial charge is 0.125 e. The summed E-state index contributed by atoms with van der Waals surface area (Å²) in [6.07, 6.45) is 1.70. The first-order valence-electron chi connectivity index (χ1n) is 3.91. The molecule has 3 heteroatoms. The molecule has 2 N–H and O–H groups in total. The van der Waals surface area contributed by atoms with Crippen molar-refractivity contribution in [1.29, 1.82) is 0 Å². The van der Waals surface area contributed by atoms with Gasteiger partial charge < -0.3 is 5.73 Å². The second-order valence-corrected chi connectivity index (χ2v) is 2.96. The van der Waals surface area contributed by atoms with E-state index in [2.05, 4.69) is 11.6 Å². The van der Waals surface area contributed by atoms with Crippen LogP contribution in [0.4, 0.5) is 0 Å². The molecule has 1 aromatic rings. The lowest BCUT2D eigenvalue weighted by Crippen LogP contribution is -2.13. The molecule has 0 bridgehead atoms. The fourth-order valence-electron chi connectivity index (χ4n) is 0.875. The SMILES string of the molecule is C=CCN=C(N)c1ccc(Cl)cc1. The van der Waals surface area contributed by atoms with Crippen LogP contribution < -0.4 is 5.73 Å². The number of aliphatic imine (C=N–C) groups is 1. The van der Waals surface area contributed by atoms with E-state index in [1.807, 2.05) is 12.1 Å². The maximum absolute atomic E-state index is 5.72. The summed E-state index contributed by atoms with van der Waals surface area (Å²) in [5, 5.41) is 0.695. The van der Waals surface area contributed by atoms with E-state index in [0.29, 0.717) is 17.4 Å². The number of amidine groups is 1. The summed E-state index contributed by atoms with van der Waals surface area (Å²) in [6, 6.07) is 7.24. The third kappa shape index (κ3) is 2.92. The summed E-state index contributed by atoms with van der Waals surface area (Å²) in [4.78, 5) is 4.08. The van der Waals surface area contributed by atoms with Crippen LogP contribution in [0.1, 0.15) is 5.56 Å². The van der Waals surface area contributed by atoms with Crippen molar-refractivity contribution in [1.82, 2.24) is 0 Å². The molecule has 2 nitrogen and oxygen atoms in total. The standard InChI is InChI=1S/C10H11ClN2/c1-2-7-13-10(12)8-3-5-9(11)6-4-8/h2-6H,1,7H2,(H2,12,13). The Morgan fingerprint density at radius 2 is 2.08 bits per heavy atom. The molecule has 0 saturated carbocycles. The van der Waals surface area contributed by atoms with Crippen LogP contribution in [0.15, 0.2) is 41.9 Å². The molecule has 0 unspecified atom stereocenters. The van der Waals surface area contributed by atoms with Crippen molar-refractivity contribution in [2.24, 2.45) is 10.7 Å². The number of nitrogens with zero attached hydrogens (tertiary/aromatic N) is 1. The second kappa shape index (κ2) is 4.67. The highest BCUT2D eigenvalue weighted by Crippen LogP contribution is 2.08. The van der Waals surface area contributed by atoms with Crippen LogP contribution in [0.3, 0.4) is 0 Å². The van der Waals surface area contributed by atoms with Crippen molar-refractivity contribution < 1.29 is 0 Å². The third-order valence-electron chi connectivity index (χ3n) is 1.53. The van der Waals surface area contributed by atoms with E-state index in [4.69, 9.17) is 17.3 Å². The first-order valence-corrected chi connectivity index (χ1v) is 4.28. The van der Waals surface area contributed by atoms with Gasteiger partial charge in [0.2, 0.25) is 0 Å². The molecule has 0 heterocycles. The van der Waals surface area contributed by atoms with Gasteiger partial charge in [0.25, 0.3) is 0 Å². The molecule has 0 amide bonds. The normalized spacial score (nSPS) is 11.3. The molecule has 0 aliphatic carbocycles. The van der Waals surface area contributed by atoms with E-state index in [0.717, 1.165) is 5.56 Å². The predicted molar refractivity (Wildman–Crippen MR) is 57.2 cm³/mol. The van der Waals surface area contributed by atoms with Crippen molar-refractivity contribution in [2.45, 2.75) is 0 Å². The highest BCUT2D eigenvalue weighted by Gasteiger charge is 1.95. The highest BCUT2D eigenvalue weighted by atomic mass is 35.5. The Hall–Kier alpha value is -1.28. The summed E-state index contributed by atoms with van der Waals surface area (Å²) in [7, 11) is 0. The zero-order valence-electron chi connectivity index (χ0n) is 7.20. The maximum atomic E-state index is 5.72. The summed E-state index contributed by atoms with van der Waals surface area (Å²) in [5.74, 6) is 0.511. The molecule has 1 aromatic carbocycles. The molecule has 0 atom stereocenters. The molecule has 0 saturated heterocycles. The van der Waals surface area contributed by atoms with E-state index < -0.39 is 0 Å². The van der Waals surface area contributed by atoms with Crippen molar-refractivity contribution in [3.8, 4) is 0 Å². The Morgan fingerprint density at radius 1 is 1.46 bits per heavy atom. The van der Waals surface area contributed by atoms with Crippen LogP contribution in [0.5, 0.6) is 0 Å². The minimum atomic E-state index is 0.511. The number of hydrogen-bond donors (Lipinski definition) is 1. The average molecular weight is 195 g/mol. The third-order valence-corrected chi connectivity index (χ3v) is 1.78. The first-order chi connectivity index (χ1) is 6.24. The lowest BCUT2D eigenvalue weighted by Gasteiger charge is -1.99. The van der Waals surface area contributed by atoms with Crippen molar-refractivity contribution in [3.05, 3.63) is 47.5 Å². The largest absolute Gasteiger partial charge is 0.383 e. The van der Waals surface area contributed by atoms with Gasteiger partial charge in [0.1, 0.15) is 5.84 Å². The molecule has 13 heavy (non-hydrogen) atoms. The Morgan fingerprint density at radius 3 is 2.62 bits per heavy atom. The molecular formula is C10H11ClN2. The van der Waals surface area contributed by atoms with Gasteiger partial charge >= 0.3 is 0 Å². The topological polar surface area (TPSA) is 38.4 Å². The van der Waals surface area contributed by atoms with Gasteiger partial charge in [0, 0.05) is 10.6 Å². The van der Waals surface area contributed by atoms with E-state index in [1.54, 1.807) is 18.2 Å². The number of benzene rings is 1. The molecule has 0 aliphatic heterocycles. The minimum absolute atomic E-state index is 0.511. The van der Waals surface area contributed by atoms with E-state index in [-0.39, 0.29) is 0 Å². The Kier molecular flexibility index (Phi) is 3.53. The van der Waals surface area contributed by atoms with Gasteiger partial charge in [-0.3, -0.25) is 4.99 Å². The molecule has 0 aromatic heterocycles. The molecule has 1 rings (SSSR count). The number of nitrogens with two attached hydrogens (primary N) is 1. The lowest BCUT2D eigenvalue weighted by molar-refractivity contribution is 1.23. The Labute approximate surface area is 82.7 Å². The Balaban J connectivity index is 2.82. The summed E-state index contributed by atoms with van der Waals surface area (Å²) < 4.78 is 0. The van der Waals surface area contributed by atoms with Crippen LogP contribution >= 0.6 is 11.6 Å². The number of halogens is 1. The van der Waals surface area contributed by atoms with E-state index in [1.165, 1.54) is 0 Å². The van der Waals surface area contributed by atoms with E-state index in [9.17, 15) is 0 Å². The van der Waals surface area contributed by atoms with Gasteiger partial charge in [-0.25, -0.2) is 0 Å². The van der Waals surface area contributed by atoms with Crippen LogP contribution in [0.2, 0.25) is 5.02 Å². The van der Waals surface area contributed by atoms with Crippen molar-refractivity contribution in [3.63, 3.8) is 0 Å². The van der Waals surface area contributed by atoms with Crippen LogP contribution in [-0.4, -0.2) is 12.4 Å². The maximum Gasteiger partial charge on any atom is 0.125 e. The molecule has 0 spiro atoms.